The van der Waals surface area contributed by atoms with Gasteiger partial charge in [-0.05, 0) is 6.16 Å². The molecule has 0 saturated carbocycles. The number of terminal acetylenes is 1. The topological polar surface area (TPSA) is 63.2 Å². The molecule has 0 amide bonds. The van der Waals surface area contributed by atoms with E-state index in [0.29, 0.717) is 5.33 Å². The molecule has 10 heavy (non-hydrogen) atoms. The van der Waals surface area contributed by atoms with Crippen LogP contribution in [0.25, 0.3) is 0 Å². The monoisotopic (exact) mass is 256 g/mol. The van der Waals surface area contributed by atoms with Gasteiger partial charge in [0, 0.05) is 0 Å². The predicted octanol–water partition coefficient (Wildman–Crippen LogP) is -7.42. The number of rotatable bonds is 0. The fraction of sp³-hybridized carbons (Fsp3) is 0.250. The minimum Gasteiger partial charge on any atom is -0.652 e. The Hall–Kier alpha value is 2.58. The molecule has 0 N–H and O–H groups in total. The van der Waals surface area contributed by atoms with Crippen LogP contribution in [0.15, 0.2) is 0 Å². The normalized spacial score (nSPS) is 4.40. The van der Waals surface area contributed by atoms with Crippen molar-refractivity contribution in [3.05, 3.63) is 0 Å². The Balaban J connectivity index is -0.0000000300. The van der Waals surface area contributed by atoms with Gasteiger partial charge in [0.1, 0.15) is 0 Å². The number of carboxylic acid groups (broad SMARTS) is 2. The summed E-state index contributed by atoms with van der Waals surface area (Å²) >= 11 is 3.01. The number of hydrogen-bond acceptors (Lipinski definition) is 3. The quantitative estimate of drug-likeness (QED) is 0.246. The summed E-state index contributed by atoms with van der Waals surface area (Å²) in [6.45, 7) is 0. The van der Waals surface area contributed by atoms with Crippen LogP contribution in [-0.2, 0) is 0 Å². The number of halogens is 1. The molecule has 0 atom stereocenters. The average Bonchev–Trinajstić information content (AvgIpc) is 1.65. The molecule has 0 aliphatic carbocycles. The van der Waals surface area contributed by atoms with E-state index in [2.05, 4.69) is 21.9 Å². The Kier molecular flexibility index (Phi) is 51.7. The van der Waals surface area contributed by atoms with Gasteiger partial charge in [-0.25, -0.2) is 0 Å². The maximum Gasteiger partial charge on any atom is 1.00 e. The first kappa shape index (κ1) is 22.9. The summed E-state index contributed by atoms with van der Waals surface area (Å²) < 4.78 is 0. The van der Waals surface area contributed by atoms with Gasteiger partial charge >= 0.3 is 103 Å². The van der Waals surface area contributed by atoms with E-state index in [1.807, 2.05) is 0 Å². The summed E-state index contributed by atoms with van der Waals surface area (Å²) in [5.41, 5.74) is 0. The molecule has 0 rings (SSSR count). The molecule has 0 unspecified atom stereocenters. The van der Waals surface area contributed by atoms with E-state index in [4.69, 9.17) is 21.4 Å². The molecule has 0 radical (unpaired) electrons. The third kappa shape index (κ3) is 75.7. The van der Waals surface area contributed by atoms with Gasteiger partial charge < -0.3 is 15.0 Å². The Morgan fingerprint density at radius 3 is 1.60 bits per heavy atom. The smallest absolute Gasteiger partial charge is 0.652 e. The molecule has 0 fully saturated rings. The Morgan fingerprint density at radius 1 is 1.50 bits per heavy atom. The van der Waals surface area contributed by atoms with Crippen LogP contribution in [-0.4, -0.2) is 11.5 Å². The van der Waals surface area contributed by atoms with E-state index in [1.54, 1.807) is 0 Å². The van der Waals surface area contributed by atoms with Crippen LogP contribution < -0.4 is 113 Å². The van der Waals surface area contributed by atoms with Crippen LogP contribution in [0.4, 0.5) is 4.79 Å². The van der Waals surface area contributed by atoms with Crippen LogP contribution in [0.2, 0.25) is 0 Å². The molecule has 0 aliphatic rings. The van der Waals surface area contributed by atoms with Crippen LogP contribution in [0.3, 0.4) is 0 Å². The zero-order valence-electron chi connectivity index (χ0n) is 5.89. The average molecular weight is 257 g/mol. The number of carbonyl (C=O) groups is 1. The minimum atomic E-state index is -2.33. The molecule has 3 nitrogen and oxygen atoms in total. The van der Waals surface area contributed by atoms with Crippen molar-refractivity contribution in [1.82, 2.24) is 0 Å². The van der Waals surface area contributed by atoms with Gasteiger partial charge in [-0.3, -0.25) is 0 Å². The largest absolute Gasteiger partial charge is 1.00 e. The second-order valence-electron chi connectivity index (χ2n) is 0.588. The van der Waals surface area contributed by atoms with Crippen molar-refractivity contribution in [2.75, 3.05) is 5.33 Å². The minimum absolute atomic E-state index is 0. The summed E-state index contributed by atoms with van der Waals surface area (Å²) in [5.74, 6) is 2.35. The summed E-state index contributed by atoms with van der Waals surface area (Å²) in [6.07, 6.45) is 2.40. The third-order valence-corrected chi connectivity index (χ3v) is 0.401. The van der Waals surface area contributed by atoms with Crippen molar-refractivity contribution in [2.24, 2.45) is 0 Å². The molecule has 0 aromatic carbocycles. The van der Waals surface area contributed by atoms with Gasteiger partial charge in [-0.2, -0.15) is 0 Å². The van der Waals surface area contributed by atoms with Gasteiger partial charge in [-0.15, -0.1) is 6.42 Å². The number of alkyl halides is 1. The fourth-order valence-electron chi connectivity index (χ4n) is 0. The summed E-state index contributed by atoms with van der Waals surface area (Å²) in [4.78, 5) is 8.33. The van der Waals surface area contributed by atoms with Crippen LogP contribution in [0.5, 0.6) is 0 Å². The van der Waals surface area contributed by atoms with Crippen LogP contribution >= 0.6 is 15.9 Å². The molecule has 0 bridgehead atoms. The number of hydrogen-bond donors (Lipinski definition) is 0. The van der Waals surface area contributed by atoms with Gasteiger partial charge in [-0.1, -0.05) is 21.9 Å². The van der Waals surface area contributed by atoms with E-state index in [9.17, 15) is 0 Å². The summed E-state index contributed by atoms with van der Waals surface area (Å²) in [6, 6.07) is 0. The fourth-order valence-corrected chi connectivity index (χ4v) is 0. The SMILES string of the molecule is C#CCBr.O=C([O-])[O-].[K+].[K+]. The molecule has 0 saturated heterocycles. The van der Waals surface area contributed by atoms with Crippen molar-refractivity contribution in [2.45, 2.75) is 0 Å². The van der Waals surface area contributed by atoms with Crippen molar-refractivity contribution < 1.29 is 118 Å². The first-order valence-corrected chi connectivity index (χ1v) is 2.64. The van der Waals surface area contributed by atoms with E-state index in [1.165, 1.54) is 0 Å². The first-order valence-electron chi connectivity index (χ1n) is 1.52. The van der Waals surface area contributed by atoms with Crippen molar-refractivity contribution in [1.29, 1.82) is 0 Å². The Morgan fingerprint density at radius 2 is 1.60 bits per heavy atom. The third-order valence-electron chi connectivity index (χ3n) is 0.0772. The summed E-state index contributed by atoms with van der Waals surface area (Å²) in [7, 11) is 0. The van der Waals surface area contributed by atoms with E-state index in [0.717, 1.165) is 0 Å². The molecule has 46 valence electrons. The van der Waals surface area contributed by atoms with Crippen molar-refractivity contribution in [3.8, 4) is 12.3 Å². The molecule has 0 spiro atoms. The van der Waals surface area contributed by atoms with Gasteiger partial charge in [0.2, 0.25) is 0 Å². The van der Waals surface area contributed by atoms with E-state index < -0.39 is 6.16 Å². The van der Waals surface area contributed by atoms with Gasteiger partial charge in [0.25, 0.3) is 0 Å². The second kappa shape index (κ2) is 22.6. The van der Waals surface area contributed by atoms with E-state index >= 15 is 0 Å². The zero-order chi connectivity index (χ0) is 6.99. The van der Waals surface area contributed by atoms with Gasteiger partial charge in [0.05, 0.1) is 5.33 Å². The molecule has 0 aromatic heterocycles. The summed E-state index contributed by atoms with van der Waals surface area (Å²) in [5, 5.41) is 17.3. The maximum atomic E-state index is 8.33. The molecule has 0 heterocycles. The van der Waals surface area contributed by atoms with Crippen LogP contribution in [0, 0.1) is 12.3 Å². The van der Waals surface area contributed by atoms with Crippen LogP contribution in [0.1, 0.15) is 0 Å². The molecule has 0 aromatic rings. The Labute approximate surface area is 153 Å². The molecular weight excluding hydrogens is 254 g/mol. The van der Waals surface area contributed by atoms with Gasteiger partial charge in [0.15, 0.2) is 0 Å². The molecular formula is C4H3BrK2O3. The van der Waals surface area contributed by atoms with Crippen molar-refractivity contribution in [3.63, 3.8) is 0 Å². The first-order chi connectivity index (χ1) is 3.65. The predicted molar refractivity (Wildman–Crippen MR) is 28.0 cm³/mol. The zero-order valence-corrected chi connectivity index (χ0v) is 13.7. The van der Waals surface area contributed by atoms with E-state index in [-0.39, 0.29) is 103 Å². The van der Waals surface area contributed by atoms with Crippen molar-refractivity contribution >= 4 is 22.1 Å². The standard InChI is InChI=1S/C3H3Br.CH2O3.2K/c1-2-3-4;2-1(3)4;;/h1H,3H2;(H2,2,3,4);;/q;;2*+1/p-2. The maximum absolute atomic E-state index is 8.33. The second-order valence-corrected chi connectivity index (χ2v) is 1.15. The number of carbonyl (C=O) groups excluding carboxylic acids is 1. The Bertz CT molecular complexity index is 97.2. The molecule has 0 aliphatic heterocycles. The molecule has 6 heteroatoms.